The van der Waals surface area contributed by atoms with Crippen LogP contribution in [0.1, 0.15) is 51.0 Å². The van der Waals surface area contributed by atoms with Gasteiger partial charge in [-0.05, 0) is 66.2 Å². The number of ketones is 1. The first-order chi connectivity index (χ1) is 22.4. The van der Waals surface area contributed by atoms with Gasteiger partial charge in [0.1, 0.15) is 17.2 Å². The third kappa shape index (κ3) is 7.16. The summed E-state index contributed by atoms with van der Waals surface area (Å²) in [7, 11) is 0. The lowest BCUT2D eigenvalue weighted by Crippen LogP contribution is -2.47. The fourth-order valence-corrected chi connectivity index (χ4v) is 10.6. The predicted molar refractivity (Wildman–Crippen MR) is 185 cm³/mol. The summed E-state index contributed by atoms with van der Waals surface area (Å²) in [5.74, 6) is -0.668. The van der Waals surface area contributed by atoms with Crippen molar-refractivity contribution < 1.29 is 18.7 Å². The van der Waals surface area contributed by atoms with Gasteiger partial charge in [-0.3, -0.25) is 4.79 Å². The Balaban J connectivity index is 1.50. The topological polar surface area (TPSA) is 79.2 Å². The molecule has 1 atom stereocenters. The van der Waals surface area contributed by atoms with Crippen LogP contribution in [0.2, 0.25) is 0 Å². The molecule has 0 saturated heterocycles. The second-order valence-electron chi connectivity index (χ2n) is 12.1. The molecule has 1 aliphatic carbocycles. The molecule has 4 aromatic rings. The zero-order valence-electron chi connectivity index (χ0n) is 26.2. The first kappa shape index (κ1) is 32.9. The third-order valence-electron chi connectivity index (χ3n) is 8.98. The number of nitrogens with one attached hydrogen (secondary N) is 1. The van der Waals surface area contributed by atoms with Gasteiger partial charge < -0.3 is 10.1 Å². The Hall–Kier alpha value is -4.46. The van der Waals surface area contributed by atoms with Gasteiger partial charge in [-0.15, -0.1) is 0 Å². The van der Waals surface area contributed by atoms with Crippen molar-refractivity contribution in [3.63, 3.8) is 0 Å². The maximum Gasteiger partial charge on any atom is 0.407 e. The van der Waals surface area contributed by atoms with Gasteiger partial charge in [-0.1, -0.05) is 129 Å². The number of amides is 1. The Kier molecular flexibility index (Phi) is 10.9. The second kappa shape index (κ2) is 15.2. The molecule has 0 unspecified atom stereocenters. The van der Waals surface area contributed by atoms with Crippen LogP contribution in [0.5, 0.6) is 0 Å². The van der Waals surface area contributed by atoms with Crippen molar-refractivity contribution in [2.75, 3.05) is 6.61 Å². The third-order valence-corrected chi connectivity index (χ3v) is 13.2. The van der Waals surface area contributed by atoms with Crippen LogP contribution in [-0.2, 0) is 16.0 Å². The molecule has 0 spiro atoms. The highest BCUT2D eigenvalue weighted by Crippen LogP contribution is 2.47. The highest BCUT2D eigenvalue weighted by Gasteiger charge is 2.40. The molecular weight excluding hydrogens is 594 g/mol. The maximum atomic E-state index is 14.7. The minimum Gasteiger partial charge on any atom is -0.449 e. The Labute approximate surface area is 271 Å². The minimum absolute atomic E-state index is 0.143. The summed E-state index contributed by atoms with van der Waals surface area (Å²) in [4.78, 5) is 28.0. The molecule has 5 rings (SSSR count). The van der Waals surface area contributed by atoms with Crippen molar-refractivity contribution in [3.8, 4) is 6.07 Å². The molecular formula is C39H40FN2O3P. The highest BCUT2D eigenvalue weighted by atomic mass is 31.2. The molecule has 1 N–H and O–H groups in total. The molecule has 236 valence electrons. The number of hydrogen-bond donors (Lipinski definition) is 1. The zero-order valence-corrected chi connectivity index (χ0v) is 27.1. The van der Waals surface area contributed by atoms with Crippen molar-refractivity contribution in [2.45, 2.75) is 57.9 Å². The first-order valence-corrected chi connectivity index (χ1v) is 17.8. The summed E-state index contributed by atoms with van der Waals surface area (Å²) in [6.07, 6.45) is 4.75. The number of carbonyl (C=O) groups is 2. The largest absolute Gasteiger partial charge is 0.449 e. The van der Waals surface area contributed by atoms with Crippen molar-refractivity contribution in [1.29, 1.82) is 5.26 Å². The van der Waals surface area contributed by atoms with Crippen LogP contribution in [0.4, 0.5) is 9.18 Å². The van der Waals surface area contributed by atoms with Crippen LogP contribution >= 0.6 is 6.89 Å². The average molecular weight is 635 g/mol. The van der Waals surface area contributed by atoms with E-state index in [0.717, 1.165) is 47.2 Å². The summed E-state index contributed by atoms with van der Waals surface area (Å²) >= 11 is 0. The molecule has 0 bridgehead atoms. The molecule has 1 amide bonds. The van der Waals surface area contributed by atoms with Crippen molar-refractivity contribution >= 4 is 40.0 Å². The number of hydrogen-bond acceptors (Lipinski definition) is 4. The SMILES string of the molecule is CCCC[C@H](NC(=O)OCC1(Cc2ccc(F)cc2)CCC1)C(=O)C(C#N)=P(c1ccccc1)(c1ccccc1)c1ccccc1. The van der Waals surface area contributed by atoms with E-state index in [1.165, 1.54) is 12.1 Å². The fraction of sp³-hybridized carbons (Fsp3) is 0.282. The first-order valence-electron chi connectivity index (χ1n) is 16.0. The summed E-state index contributed by atoms with van der Waals surface area (Å²) in [5, 5.41) is 16.6. The Bertz CT molecular complexity index is 1610. The Morgan fingerprint density at radius 1 is 0.870 bits per heavy atom. The van der Waals surface area contributed by atoms with Gasteiger partial charge in [0.05, 0.1) is 12.6 Å². The van der Waals surface area contributed by atoms with Crippen LogP contribution in [0.3, 0.4) is 0 Å². The van der Waals surface area contributed by atoms with Gasteiger partial charge in [0, 0.05) is 5.41 Å². The van der Waals surface area contributed by atoms with Crippen molar-refractivity contribution in [1.82, 2.24) is 5.32 Å². The van der Waals surface area contributed by atoms with Crippen LogP contribution in [-0.4, -0.2) is 29.8 Å². The molecule has 0 aliphatic heterocycles. The number of rotatable bonds is 13. The van der Waals surface area contributed by atoms with Gasteiger partial charge in [0.2, 0.25) is 0 Å². The van der Waals surface area contributed by atoms with Crippen LogP contribution < -0.4 is 21.2 Å². The number of unbranched alkanes of at least 4 members (excludes halogenated alkanes) is 1. The number of halogens is 1. The summed E-state index contributed by atoms with van der Waals surface area (Å²) in [6.45, 7) is -0.711. The van der Waals surface area contributed by atoms with Crippen molar-refractivity contribution in [2.24, 2.45) is 5.41 Å². The van der Waals surface area contributed by atoms with E-state index in [1.54, 1.807) is 12.1 Å². The molecule has 4 aromatic carbocycles. The summed E-state index contributed by atoms with van der Waals surface area (Å²) in [5.41, 5.74) is 0.786. The van der Waals surface area contributed by atoms with Crippen molar-refractivity contribution in [3.05, 3.63) is 127 Å². The van der Waals surface area contributed by atoms with E-state index in [9.17, 15) is 19.2 Å². The van der Waals surface area contributed by atoms with Gasteiger partial charge in [-0.2, -0.15) is 5.26 Å². The lowest BCUT2D eigenvalue weighted by Gasteiger charge is -2.41. The Morgan fingerprint density at radius 3 is 1.83 bits per heavy atom. The molecule has 5 nitrogen and oxygen atoms in total. The molecule has 0 heterocycles. The summed E-state index contributed by atoms with van der Waals surface area (Å²) < 4.78 is 19.3. The van der Waals surface area contributed by atoms with Gasteiger partial charge in [-0.25, -0.2) is 9.18 Å². The molecule has 1 aliphatic rings. The quantitative estimate of drug-likeness (QED) is 0.160. The molecule has 0 aromatic heterocycles. The number of Topliss-reactive ketones (excluding diaryl/α,β-unsaturated/α-hetero) is 1. The van der Waals surface area contributed by atoms with E-state index in [0.29, 0.717) is 19.3 Å². The second-order valence-corrected chi connectivity index (χ2v) is 15.4. The van der Waals surface area contributed by atoms with Crippen LogP contribution in [0.15, 0.2) is 115 Å². The maximum absolute atomic E-state index is 14.7. The standard InChI is InChI=1S/C39H40FN2O3P/c1-2-3-20-35(42-38(44)45-29-39(25-13-26-39)27-30-21-23-31(40)24-22-30)37(43)36(28-41)46(32-14-7-4-8-15-32,33-16-9-5-10-17-33)34-18-11-6-12-19-34/h4-12,14-19,21-24,35H,2-3,13,20,25-27,29H2,1H3,(H,42,44)/t35-/m0/s1. The number of ether oxygens (including phenoxy) is 1. The zero-order chi connectivity index (χ0) is 32.4. The normalized spacial score (nSPS) is 14.3. The summed E-state index contributed by atoms with van der Waals surface area (Å²) in [6, 6.07) is 37.2. The van der Waals surface area contributed by atoms with E-state index in [1.807, 2.05) is 97.9 Å². The smallest absolute Gasteiger partial charge is 0.407 e. The van der Waals surface area contributed by atoms with Gasteiger partial charge in [0.25, 0.3) is 0 Å². The number of carbonyl (C=O) groups excluding carboxylic acids is 2. The Morgan fingerprint density at radius 2 is 1.39 bits per heavy atom. The molecule has 1 saturated carbocycles. The van der Waals surface area contributed by atoms with E-state index < -0.39 is 19.0 Å². The number of nitrogens with zero attached hydrogens (tertiary/aromatic N) is 1. The monoisotopic (exact) mass is 634 g/mol. The van der Waals surface area contributed by atoms with E-state index in [-0.39, 0.29) is 28.9 Å². The van der Waals surface area contributed by atoms with E-state index in [2.05, 4.69) is 11.4 Å². The van der Waals surface area contributed by atoms with Gasteiger partial charge >= 0.3 is 6.09 Å². The minimum atomic E-state index is -2.94. The van der Waals surface area contributed by atoms with Gasteiger partial charge in [0.15, 0.2) is 5.78 Å². The van der Waals surface area contributed by atoms with Crippen LogP contribution in [0.25, 0.3) is 0 Å². The number of benzene rings is 4. The molecule has 0 radical (unpaired) electrons. The lowest BCUT2D eigenvalue weighted by atomic mass is 9.66. The van der Waals surface area contributed by atoms with Crippen LogP contribution in [0, 0.1) is 22.6 Å². The number of nitriles is 1. The number of alkyl carbamates (subject to hydrolysis) is 1. The molecule has 1 fully saturated rings. The molecule has 46 heavy (non-hydrogen) atoms. The predicted octanol–water partition coefficient (Wildman–Crippen LogP) is 7.08. The van der Waals surface area contributed by atoms with E-state index in [4.69, 9.17) is 4.74 Å². The lowest BCUT2D eigenvalue weighted by molar-refractivity contribution is -0.114. The van der Waals surface area contributed by atoms with E-state index >= 15 is 0 Å². The molecule has 7 heteroatoms. The highest BCUT2D eigenvalue weighted by molar-refractivity contribution is 7.97. The fourth-order valence-electron chi connectivity index (χ4n) is 6.41. The average Bonchev–Trinajstić information content (AvgIpc) is 3.08.